The third-order valence-corrected chi connectivity index (χ3v) is 9.30. The summed E-state index contributed by atoms with van der Waals surface area (Å²) in [5.74, 6) is 1.59. The van der Waals surface area contributed by atoms with E-state index in [1.54, 1.807) is 0 Å². The molecule has 0 unspecified atom stereocenters. The molecule has 2 saturated carbocycles. The third-order valence-electron chi connectivity index (χ3n) is 8.93. The van der Waals surface area contributed by atoms with E-state index in [9.17, 15) is 9.59 Å². The number of carbonyl (C=O) groups excluding carboxylic acids is 2. The van der Waals surface area contributed by atoms with E-state index in [1.807, 2.05) is 37.4 Å². The van der Waals surface area contributed by atoms with Crippen molar-refractivity contribution in [1.82, 2.24) is 20.2 Å². The number of hydrogen-bond donors (Lipinski definition) is 2. The van der Waals surface area contributed by atoms with Gasteiger partial charge in [0.2, 0.25) is 5.91 Å². The first-order valence-corrected chi connectivity index (χ1v) is 15.0. The SMILES string of the molecule is Cn1c(Cc2cc(CNC(=O)C3(C)CCCCC3)ccc2Cl)nc2cc(C(=O)NCC3CCCCC3)ccc21. The molecule has 0 aliphatic heterocycles. The number of hydrogen-bond acceptors (Lipinski definition) is 3. The largest absolute Gasteiger partial charge is 0.352 e. The minimum absolute atomic E-state index is 0.0328. The van der Waals surface area contributed by atoms with Crippen LogP contribution in [0.1, 0.15) is 98.4 Å². The molecular formula is C32H41ClN4O2. The van der Waals surface area contributed by atoms with E-state index >= 15 is 0 Å². The maximum atomic E-state index is 12.9. The van der Waals surface area contributed by atoms with E-state index in [0.717, 1.165) is 60.2 Å². The summed E-state index contributed by atoms with van der Waals surface area (Å²) in [6, 6.07) is 11.7. The van der Waals surface area contributed by atoms with E-state index in [2.05, 4.69) is 28.2 Å². The van der Waals surface area contributed by atoms with Crippen LogP contribution in [0.15, 0.2) is 36.4 Å². The molecule has 0 radical (unpaired) electrons. The van der Waals surface area contributed by atoms with E-state index in [0.29, 0.717) is 29.5 Å². The highest BCUT2D eigenvalue weighted by molar-refractivity contribution is 6.31. The lowest BCUT2D eigenvalue weighted by atomic mass is 9.75. The number of benzene rings is 2. The number of aromatic nitrogens is 2. The Morgan fingerprint density at radius 3 is 2.51 bits per heavy atom. The van der Waals surface area contributed by atoms with Gasteiger partial charge in [-0.15, -0.1) is 0 Å². The molecule has 39 heavy (non-hydrogen) atoms. The lowest BCUT2D eigenvalue weighted by molar-refractivity contribution is -0.132. The number of rotatable bonds is 8. The Hall–Kier alpha value is -2.86. The predicted molar refractivity (Wildman–Crippen MR) is 157 cm³/mol. The van der Waals surface area contributed by atoms with Crippen LogP contribution in [0.2, 0.25) is 5.02 Å². The molecule has 5 rings (SSSR count). The van der Waals surface area contributed by atoms with Gasteiger partial charge in [0, 0.05) is 42.6 Å². The normalized spacial score (nSPS) is 17.7. The van der Waals surface area contributed by atoms with Crippen molar-refractivity contribution >= 4 is 34.4 Å². The Morgan fingerprint density at radius 1 is 1.00 bits per heavy atom. The van der Waals surface area contributed by atoms with Crippen molar-refractivity contribution in [3.8, 4) is 0 Å². The summed E-state index contributed by atoms with van der Waals surface area (Å²) in [7, 11) is 2.00. The van der Waals surface area contributed by atoms with Crippen LogP contribution in [0, 0.1) is 11.3 Å². The lowest BCUT2D eigenvalue weighted by Crippen LogP contribution is -2.39. The van der Waals surface area contributed by atoms with E-state index in [4.69, 9.17) is 16.6 Å². The van der Waals surface area contributed by atoms with Gasteiger partial charge in [0.25, 0.3) is 5.91 Å². The fraction of sp³-hybridized carbons (Fsp3) is 0.531. The molecule has 3 aromatic rings. The number of imidazole rings is 1. The van der Waals surface area contributed by atoms with E-state index in [1.165, 1.54) is 38.5 Å². The number of fused-ring (bicyclic) bond motifs is 1. The van der Waals surface area contributed by atoms with Gasteiger partial charge >= 0.3 is 0 Å². The highest BCUT2D eigenvalue weighted by Crippen LogP contribution is 2.36. The van der Waals surface area contributed by atoms with Crippen LogP contribution in [0.3, 0.4) is 0 Å². The van der Waals surface area contributed by atoms with Crippen molar-refractivity contribution in [3.05, 3.63) is 63.9 Å². The Bertz CT molecular complexity index is 1340. The smallest absolute Gasteiger partial charge is 0.251 e. The second-order valence-electron chi connectivity index (χ2n) is 11.9. The zero-order chi connectivity index (χ0) is 27.4. The van der Waals surface area contributed by atoms with E-state index < -0.39 is 0 Å². The monoisotopic (exact) mass is 548 g/mol. The van der Waals surface area contributed by atoms with Gasteiger partial charge in [0.1, 0.15) is 5.82 Å². The summed E-state index contributed by atoms with van der Waals surface area (Å²) in [4.78, 5) is 30.6. The van der Waals surface area contributed by atoms with Crippen LogP contribution in [-0.4, -0.2) is 27.9 Å². The van der Waals surface area contributed by atoms with Gasteiger partial charge in [0.05, 0.1) is 11.0 Å². The Kier molecular flexibility index (Phi) is 8.61. The molecule has 7 heteroatoms. The van der Waals surface area contributed by atoms with E-state index in [-0.39, 0.29) is 17.2 Å². The Labute approximate surface area is 236 Å². The fourth-order valence-corrected chi connectivity index (χ4v) is 6.46. The van der Waals surface area contributed by atoms with Crippen molar-refractivity contribution in [2.75, 3.05) is 6.54 Å². The van der Waals surface area contributed by atoms with Crippen LogP contribution in [-0.2, 0) is 24.8 Å². The van der Waals surface area contributed by atoms with Crippen LogP contribution < -0.4 is 10.6 Å². The van der Waals surface area contributed by atoms with Gasteiger partial charge in [-0.25, -0.2) is 4.98 Å². The molecule has 2 aliphatic carbocycles. The Morgan fingerprint density at radius 2 is 1.74 bits per heavy atom. The van der Waals surface area contributed by atoms with Crippen molar-refractivity contribution in [2.45, 2.75) is 84.1 Å². The molecule has 0 bridgehead atoms. The minimum Gasteiger partial charge on any atom is -0.352 e. The van der Waals surface area contributed by atoms with Crippen molar-refractivity contribution in [1.29, 1.82) is 0 Å². The molecule has 0 spiro atoms. The summed E-state index contributed by atoms with van der Waals surface area (Å²) >= 11 is 6.59. The summed E-state index contributed by atoms with van der Waals surface area (Å²) < 4.78 is 2.06. The molecule has 0 saturated heterocycles. The second-order valence-corrected chi connectivity index (χ2v) is 12.3. The highest BCUT2D eigenvalue weighted by atomic mass is 35.5. The van der Waals surface area contributed by atoms with Gasteiger partial charge in [-0.1, -0.05) is 69.2 Å². The van der Waals surface area contributed by atoms with Crippen molar-refractivity contribution < 1.29 is 9.59 Å². The summed E-state index contributed by atoms with van der Waals surface area (Å²) in [5.41, 5.74) is 4.17. The molecule has 2 fully saturated rings. The number of amides is 2. The maximum Gasteiger partial charge on any atom is 0.251 e. The molecule has 1 aromatic heterocycles. The Balaban J connectivity index is 1.25. The maximum absolute atomic E-state index is 12.9. The molecular weight excluding hydrogens is 508 g/mol. The average Bonchev–Trinajstić information content (AvgIpc) is 3.26. The minimum atomic E-state index is -0.258. The van der Waals surface area contributed by atoms with Crippen LogP contribution in [0.25, 0.3) is 11.0 Å². The van der Waals surface area contributed by atoms with Crippen LogP contribution in [0.5, 0.6) is 0 Å². The summed E-state index contributed by atoms with van der Waals surface area (Å²) in [6.45, 7) is 3.33. The van der Waals surface area contributed by atoms with Crippen molar-refractivity contribution in [3.63, 3.8) is 0 Å². The molecule has 0 atom stereocenters. The fourth-order valence-electron chi connectivity index (χ4n) is 6.28. The molecule has 2 aromatic carbocycles. The van der Waals surface area contributed by atoms with Gasteiger partial charge in [-0.05, 0) is 67.0 Å². The standard InChI is InChI=1S/C32H41ClN4O2/c1-32(15-7-4-8-16-32)31(39)35-21-23-11-13-26(33)25(17-23)19-29-36-27-18-24(12-14-28(27)37(29)2)30(38)34-20-22-9-5-3-6-10-22/h11-14,17-18,22H,3-10,15-16,19-21H2,1-2H3,(H,34,38)(H,35,39). The molecule has 2 N–H and O–H groups in total. The molecule has 6 nitrogen and oxygen atoms in total. The van der Waals surface area contributed by atoms with Gasteiger partial charge in [0.15, 0.2) is 0 Å². The quantitative estimate of drug-likeness (QED) is 0.328. The molecule has 2 amide bonds. The highest BCUT2D eigenvalue weighted by Gasteiger charge is 2.34. The topological polar surface area (TPSA) is 76.0 Å². The van der Waals surface area contributed by atoms with Crippen LogP contribution >= 0.6 is 11.6 Å². The number of nitrogens with one attached hydrogen (secondary N) is 2. The predicted octanol–water partition coefficient (Wildman–Crippen LogP) is 6.71. The first-order valence-electron chi connectivity index (χ1n) is 14.6. The van der Waals surface area contributed by atoms with Gasteiger partial charge in [-0.3, -0.25) is 9.59 Å². The van der Waals surface area contributed by atoms with Gasteiger partial charge < -0.3 is 15.2 Å². The first-order chi connectivity index (χ1) is 18.8. The second kappa shape index (κ2) is 12.1. The average molecular weight is 549 g/mol. The summed E-state index contributed by atoms with van der Waals surface area (Å²) in [6.07, 6.45) is 12.2. The van der Waals surface area contributed by atoms with Crippen molar-refractivity contribution in [2.24, 2.45) is 18.4 Å². The first kappa shape index (κ1) is 27.7. The number of aryl methyl sites for hydroxylation is 1. The van der Waals surface area contributed by atoms with Gasteiger partial charge in [-0.2, -0.15) is 0 Å². The number of carbonyl (C=O) groups is 2. The lowest BCUT2D eigenvalue weighted by Gasteiger charge is -2.32. The zero-order valence-electron chi connectivity index (χ0n) is 23.3. The summed E-state index contributed by atoms with van der Waals surface area (Å²) in [5, 5.41) is 6.97. The molecule has 1 heterocycles. The molecule has 2 aliphatic rings. The number of halogens is 1. The number of nitrogens with zero attached hydrogens (tertiary/aromatic N) is 2. The van der Waals surface area contributed by atoms with Crippen LogP contribution in [0.4, 0.5) is 0 Å². The zero-order valence-corrected chi connectivity index (χ0v) is 24.1. The molecule has 208 valence electrons. The third kappa shape index (κ3) is 6.49.